The summed E-state index contributed by atoms with van der Waals surface area (Å²) in [5.41, 5.74) is 0. The van der Waals surface area contributed by atoms with Gasteiger partial charge in [0.1, 0.15) is 18.1 Å². The Morgan fingerprint density at radius 2 is 2.35 bits per heavy atom. The maximum Gasteiger partial charge on any atom is 0.244 e. The summed E-state index contributed by atoms with van der Waals surface area (Å²) in [6, 6.07) is 6.12. The van der Waals surface area contributed by atoms with Crippen LogP contribution in [-0.4, -0.2) is 45.5 Å². The smallest absolute Gasteiger partial charge is 0.244 e. The second-order valence-electron chi connectivity index (χ2n) is 5.72. The van der Waals surface area contributed by atoms with Crippen molar-refractivity contribution in [1.29, 1.82) is 0 Å². The number of carbonyl (C=O) groups is 1. The third-order valence-electron chi connectivity index (χ3n) is 3.92. The van der Waals surface area contributed by atoms with Gasteiger partial charge in [-0.05, 0) is 25.0 Å². The molecule has 6 nitrogen and oxygen atoms in total. The summed E-state index contributed by atoms with van der Waals surface area (Å²) in [5, 5.41) is 7.51. The lowest BCUT2D eigenvalue weighted by Crippen LogP contribution is -2.43. The Kier molecular flexibility index (Phi) is 4.85. The summed E-state index contributed by atoms with van der Waals surface area (Å²) in [6.45, 7) is 2.10. The van der Waals surface area contributed by atoms with Crippen LogP contribution in [0.2, 0.25) is 0 Å². The lowest BCUT2D eigenvalue weighted by Gasteiger charge is -2.32. The molecule has 2 heterocycles. The fourth-order valence-corrected chi connectivity index (χ4v) is 2.75. The van der Waals surface area contributed by atoms with Crippen LogP contribution in [0, 0.1) is 11.7 Å². The van der Waals surface area contributed by atoms with Gasteiger partial charge < -0.3 is 9.64 Å². The van der Waals surface area contributed by atoms with Gasteiger partial charge in [0.05, 0.1) is 12.8 Å². The predicted octanol–water partition coefficient (Wildman–Crippen LogP) is 1.73. The van der Waals surface area contributed by atoms with Gasteiger partial charge in [-0.25, -0.2) is 9.07 Å². The highest BCUT2D eigenvalue weighted by atomic mass is 19.1. The first-order valence-electron chi connectivity index (χ1n) is 7.71. The lowest BCUT2D eigenvalue weighted by molar-refractivity contribution is -0.134. The van der Waals surface area contributed by atoms with Crippen LogP contribution in [0.3, 0.4) is 0 Å². The molecule has 1 fully saturated rings. The molecule has 0 spiro atoms. The Morgan fingerprint density at radius 3 is 3.13 bits per heavy atom. The van der Waals surface area contributed by atoms with Crippen LogP contribution in [-0.2, 0) is 11.3 Å². The normalized spacial score (nSPS) is 18.0. The van der Waals surface area contributed by atoms with Crippen LogP contribution in [0.5, 0.6) is 5.75 Å². The molecule has 7 heteroatoms. The van der Waals surface area contributed by atoms with E-state index in [4.69, 9.17) is 4.74 Å². The Morgan fingerprint density at radius 1 is 1.43 bits per heavy atom. The molecule has 0 bridgehead atoms. The minimum Gasteiger partial charge on any atom is -0.493 e. The monoisotopic (exact) mass is 318 g/mol. The highest BCUT2D eigenvalue weighted by Gasteiger charge is 2.24. The van der Waals surface area contributed by atoms with Crippen molar-refractivity contribution >= 4 is 5.91 Å². The number of rotatable bonds is 5. The average Bonchev–Trinajstić information content (AvgIpc) is 3.06. The molecule has 1 aromatic heterocycles. The zero-order valence-corrected chi connectivity index (χ0v) is 12.8. The number of carbonyl (C=O) groups excluding carboxylic acids is 1. The van der Waals surface area contributed by atoms with E-state index >= 15 is 0 Å². The predicted molar refractivity (Wildman–Crippen MR) is 81.2 cm³/mol. The average molecular weight is 318 g/mol. The zero-order chi connectivity index (χ0) is 16.1. The van der Waals surface area contributed by atoms with E-state index in [9.17, 15) is 9.18 Å². The standard InChI is InChI=1S/C16H19FN4O2/c17-14-4-1-5-15(9-14)23-12-13-3-2-7-20(10-13)16(22)11-21-8-6-18-19-21/h1,4-6,8-9,13H,2-3,7,10-12H2. The van der Waals surface area contributed by atoms with Gasteiger partial charge in [-0.2, -0.15) is 0 Å². The van der Waals surface area contributed by atoms with E-state index in [1.807, 2.05) is 4.90 Å². The molecule has 0 N–H and O–H groups in total. The van der Waals surface area contributed by atoms with Gasteiger partial charge in [0.2, 0.25) is 5.91 Å². The number of nitrogens with zero attached hydrogens (tertiary/aromatic N) is 4. The Bertz CT molecular complexity index is 647. The van der Waals surface area contributed by atoms with Gasteiger partial charge in [0.15, 0.2) is 0 Å². The summed E-state index contributed by atoms with van der Waals surface area (Å²) < 4.78 is 20.3. The molecule has 0 saturated carbocycles. The minimum absolute atomic E-state index is 0.0333. The maximum atomic E-state index is 13.1. The molecule has 1 saturated heterocycles. The van der Waals surface area contributed by atoms with Crippen LogP contribution in [0.4, 0.5) is 4.39 Å². The van der Waals surface area contributed by atoms with Gasteiger partial charge in [0.25, 0.3) is 0 Å². The van der Waals surface area contributed by atoms with Gasteiger partial charge in [-0.3, -0.25) is 4.79 Å². The zero-order valence-electron chi connectivity index (χ0n) is 12.8. The summed E-state index contributed by atoms with van der Waals surface area (Å²) in [7, 11) is 0. The number of benzene rings is 1. The van der Waals surface area contributed by atoms with Crippen LogP contribution in [0.25, 0.3) is 0 Å². The number of likely N-dealkylation sites (tertiary alicyclic amines) is 1. The van der Waals surface area contributed by atoms with Crippen LogP contribution in [0.1, 0.15) is 12.8 Å². The second kappa shape index (κ2) is 7.21. The summed E-state index contributed by atoms with van der Waals surface area (Å²) in [5.74, 6) is 0.504. The molecule has 3 rings (SSSR count). The topological polar surface area (TPSA) is 60.2 Å². The van der Waals surface area contributed by atoms with Crippen molar-refractivity contribution in [3.8, 4) is 5.75 Å². The number of aromatic nitrogens is 3. The second-order valence-corrected chi connectivity index (χ2v) is 5.72. The van der Waals surface area contributed by atoms with Crippen molar-refractivity contribution in [2.24, 2.45) is 5.92 Å². The number of piperidine rings is 1. The first kappa shape index (κ1) is 15.5. The van der Waals surface area contributed by atoms with Gasteiger partial charge in [-0.1, -0.05) is 11.3 Å². The third-order valence-corrected chi connectivity index (χ3v) is 3.92. The van der Waals surface area contributed by atoms with Crippen LogP contribution in [0.15, 0.2) is 36.7 Å². The molecule has 23 heavy (non-hydrogen) atoms. The third kappa shape index (κ3) is 4.28. The summed E-state index contributed by atoms with van der Waals surface area (Å²) in [4.78, 5) is 14.1. The highest BCUT2D eigenvalue weighted by Crippen LogP contribution is 2.19. The van der Waals surface area contributed by atoms with Crippen LogP contribution >= 0.6 is 0 Å². The molecule has 1 atom stereocenters. The number of amides is 1. The molecule has 0 radical (unpaired) electrons. The van der Waals surface area contributed by atoms with Crippen molar-refractivity contribution in [2.75, 3.05) is 19.7 Å². The molecule has 1 aromatic carbocycles. The van der Waals surface area contributed by atoms with E-state index in [-0.39, 0.29) is 24.2 Å². The van der Waals surface area contributed by atoms with Gasteiger partial charge >= 0.3 is 0 Å². The van der Waals surface area contributed by atoms with E-state index in [1.165, 1.54) is 16.8 Å². The highest BCUT2D eigenvalue weighted by molar-refractivity contribution is 5.76. The molecular formula is C16H19FN4O2. The van der Waals surface area contributed by atoms with Crippen molar-refractivity contribution < 1.29 is 13.9 Å². The fourth-order valence-electron chi connectivity index (χ4n) is 2.75. The molecule has 122 valence electrons. The lowest BCUT2D eigenvalue weighted by atomic mass is 9.99. The Hall–Kier alpha value is -2.44. The van der Waals surface area contributed by atoms with E-state index in [0.29, 0.717) is 18.9 Å². The summed E-state index contributed by atoms with van der Waals surface area (Å²) >= 11 is 0. The minimum atomic E-state index is -0.309. The number of ether oxygens (including phenoxy) is 1. The molecule has 1 aliphatic heterocycles. The molecule has 2 aromatic rings. The maximum absolute atomic E-state index is 13.1. The first-order valence-corrected chi connectivity index (χ1v) is 7.71. The number of halogens is 1. The molecule has 1 amide bonds. The largest absolute Gasteiger partial charge is 0.493 e. The van der Waals surface area contributed by atoms with Gasteiger partial charge in [-0.15, -0.1) is 5.10 Å². The van der Waals surface area contributed by atoms with E-state index in [0.717, 1.165) is 19.4 Å². The van der Waals surface area contributed by atoms with Crippen molar-refractivity contribution in [1.82, 2.24) is 19.9 Å². The van der Waals surface area contributed by atoms with Crippen molar-refractivity contribution in [3.05, 3.63) is 42.5 Å². The molecule has 1 aliphatic rings. The van der Waals surface area contributed by atoms with Gasteiger partial charge in [0, 0.05) is 31.3 Å². The van der Waals surface area contributed by atoms with Crippen molar-refractivity contribution in [3.63, 3.8) is 0 Å². The quantitative estimate of drug-likeness (QED) is 0.842. The first-order chi connectivity index (χ1) is 11.2. The molecule has 0 aliphatic carbocycles. The Labute approximate surface area is 133 Å². The van der Waals surface area contributed by atoms with E-state index < -0.39 is 0 Å². The molecule has 1 unspecified atom stereocenters. The van der Waals surface area contributed by atoms with E-state index in [2.05, 4.69) is 10.3 Å². The number of hydrogen-bond acceptors (Lipinski definition) is 4. The van der Waals surface area contributed by atoms with Crippen molar-refractivity contribution in [2.45, 2.75) is 19.4 Å². The summed E-state index contributed by atoms with van der Waals surface area (Å²) in [6.07, 6.45) is 5.17. The van der Waals surface area contributed by atoms with Crippen LogP contribution < -0.4 is 4.74 Å². The Balaban J connectivity index is 1.50. The SMILES string of the molecule is O=C(Cn1ccnn1)N1CCCC(COc2cccc(F)c2)C1. The fraction of sp³-hybridized carbons (Fsp3) is 0.438. The molecular weight excluding hydrogens is 299 g/mol. The number of hydrogen-bond donors (Lipinski definition) is 0. The van der Waals surface area contributed by atoms with E-state index in [1.54, 1.807) is 24.5 Å².